The van der Waals surface area contributed by atoms with E-state index in [-0.39, 0.29) is 11.9 Å². The summed E-state index contributed by atoms with van der Waals surface area (Å²) in [6.45, 7) is 0.820. The van der Waals surface area contributed by atoms with E-state index in [0.29, 0.717) is 11.6 Å². The smallest absolute Gasteiger partial charge is 0.251 e. The molecule has 0 bridgehead atoms. The van der Waals surface area contributed by atoms with Crippen molar-refractivity contribution >= 4 is 5.91 Å². The molecule has 5 heteroatoms. The maximum absolute atomic E-state index is 12.6. The normalized spacial score (nSPS) is 19.8. The number of aromatic nitrogens is 3. The fourth-order valence-corrected chi connectivity index (χ4v) is 3.63. The lowest BCUT2D eigenvalue weighted by Crippen LogP contribution is -2.38. The Balaban J connectivity index is 1.40. The molecule has 1 aliphatic carbocycles. The van der Waals surface area contributed by atoms with Crippen LogP contribution in [0.25, 0.3) is 0 Å². The van der Waals surface area contributed by atoms with Crippen molar-refractivity contribution < 1.29 is 4.79 Å². The van der Waals surface area contributed by atoms with Crippen molar-refractivity contribution in [2.45, 2.75) is 37.9 Å². The van der Waals surface area contributed by atoms with Gasteiger partial charge in [-0.05, 0) is 49.1 Å². The van der Waals surface area contributed by atoms with Crippen molar-refractivity contribution in [3.8, 4) is 0 Å². The second-order valence-corrected chi connectivity index (χ2v) is 6.64. The molecule has 1 aromatic carbocycles. The second-order valence-electron chi connectivity index (χ2n) is 6.64. The highest BCUT2D eigenvalue weighted by atomic mass is 16.1. The van der Waals surface area contributed by atoms with Crippen molar-refractivity contribution in [1.29, 1.82) is 0 Å². The average Bonchev–Trinajstić information content (AvgIpc) is 3.38. The van der Waals surface area contributed by atoms with Crippen LogP contribution in [-0.2, 0) is 6.54 Å². The molecule has 0 saturated heterocycles. The van der Waals surface area contributed by atoms with Gasteiger partial charge in [0.1, 0.15) is 0 Å². The van der Waals surface area contributed by atoms with Crippen LogP contribution >= 0.6 is 0 Å². The molecule has 1 N–H and O–H groups in total. The summed E-state index contributed by atoms with van der Waals surface area (Å²) in [6, 6.07) is 12.4. The largest absolute Gasteiger partial charge is 0.350 e. The third kappa shape index (κ3) is 3.50. The summed E-state index contributed by atoms with van der Waals surface area (Å²) in [6.07, 6.45) is 12.9. The van der Waals surface area contributed by atoms with Crippen LogP contribution in [0.4, 0.5) is 0 Å². The number of carbonyl (C=O) groups is 1. The molecule has 1 amide bonds. The third-order valence-corrected chi connectivity index (χ3v) is 4.95. The first-order chi connectivity index (χ1) is 12.3. The molecular weight excluding hydrogens is 312 g/mol. The third-order valence-electron chi connectivity index (χ3n) is 4.95. The Morgan fingerprint density at radius 1 is 1.12 bits per heavy atom. The molecule has 25 heavy (non-hydrogen) atoms. The maximum atomic E-state index is 12.6. The molecule has 5 nitrogen and oxygen atoms in total. The van der Waals surface area contributed by atoms with Gasteiger partial charge >= 0.3 is 0 Å². The van der Waals surface area contributed by atoms with Gasteiger partial charge in [-0.3, -0.25) is 4.79 Å². The monoisotopic (exact) mass is 334 g/mol. The minimum atomic E-state index is 0.00419. The molecule has 1 aliphatic rings. The number of nitrogens with zero attached hydrogens (tertiary/aromatic N) is 3. The Hall–Kier alpha value is -2.82. The molecule has 128 valence electrons. The van der Waals surface area contributed by atoms with Crippen molar-refractivity contribution in [2.75, 3.05) is 0 Å². The van der Waals surface area contributed by atoms with Crippen molar-refractivity contribution in [2.24, 2.45) is 0 Å². The van der Waals surface area contributed by atoms with Gasteiger partial charge in [0.25, 0.3) is 5.91 Å². The van der Waals surface area contributed by atoms with Crippen LogP contribution in [0, 0.1) is 0 Å². The van der Waals surface area contributed by atoms with Gasteiger partial charge in [-0.15, -0.1) is 0 Å². The molecule has 2 atom stereocenters. The minimum absolute atomic E-state index is 0.00419. The van der Waals surface area contributed by atoms with Gasteiger partial charge in [0.05, 0.1) is 12.4 Å². The summed E-state index contributed by atoms with van der Waals surface area (Å²) in [4.78, 5) is 16.7. The van der Waals surface area contributed by atoms with Crippen LogP contribution < -0.4 is 5.32 Å². The lowest BCUT2D eigenvalue weighted by atomic mass is 10.1. The Kier molecular flexibility index (Phi) is 4.37. The summed E-state index contributed by atoms with van der Waals surface area (Å²) >= 11 is 0. The molecule has 0 aliphatic heterocycles. The van der Waals surface area contributed by atoms with E-state index < -0.39 is 0 Å². The summed E-state index contributed by atoms with van der Waals surface area (Å²) in [5, 5.41) is 3.21. The molecule has 3 aromatic rings. The first-order valence-electron chi connectivity index (χ1n) is 8.77. The summed E-state index contributed by atoms with van der Waals surface area (Å²) in [7, 11) is 0. The number of hydrogen-bond donors (Lipinski definition) is 1. The molecule has 0 spiro atoms. The Morgan fingerprint density at radius 2 is 1.92 bits per heavy atom. The molecular formula is C20H22N4O. The number of hydrogen-bond acceptors (Lipinski definition) is 2. The topological polar surface area (TPSA) is 51.9 Å². The fraction of sp³-hybridized carbons (Fsp3) is 0.300. The summed E-state index contributed by atoms with van der Waals surface area (Å²) < 4.78 is 4.22. The van der Waals surface area contributed by atoms with E-state index in [4.69, 9.17) is 0 Å². The van der Waals surface area contributed by atoms with Crippen molar-refractivity contribution in [3.05, 3.63) is 78.6 Å². The SMILES string of the molecule is O=C(N[C@H]1CCC[C@@H]1n1ccnc1)c1ccc(Cn2cccc2)cc1. The van der Waals surface area contributed by atoms with Crippen LogP contribution in [0.5, 0.6) is 0 Å². The van der Waals surface area contributed by atoms with Gasteiger partial charge in [0.2, 0.25) is 0 Å². The zero-order valence-corrected chi connectivity index (χ0v) is 14.1. The van der Waals surface area contributed by atoms with Crippen molar-refractivity contribution in [3.63, 3.8) is 0 Å². The highest BCUT2D eigenvalue weighted by Crippen LogP contribution is 2.30. The van der Waals surface area contributed by atoms with E-state index in [2.05, 4.69) is 19.4 Å². The molecule has 4 rings (SSSR count). The van der Waals surface area contributed by atoms with Gasteiger partial charge < -0.3 is 14.5 Å². The Morgan fingerprint density at radius 3 is 2.64 bits per heavy atom. The van der Waals surface area contributed by atoms with Gasteiger partial charge in [0.15, 0.2) is 0 Å². The highest BCUT2D eigenvalue weighted by molar-refractivity contribution is 5.94. The summed E-state index contributed by atoms with van der Waals surface area (Å²) in [5.74, 6) is 0.00419. The van der Waals surface area contributed by atoms with Gasteiger partial charge in [-0.25, -0.2) is 4.98 Å². The number of amides is 1. The first kappa shape index (κ1) is 15.7. The van der Waals surface area contributed by atoms with E-state index >= 15 is 0 Å². The van der Waals surface area contributed by atoms with Crippen LogP contribution in [0.3, 0.4) is 0 Å². The lowest BCUT2D eigenvalue weighted by molar-refractivity contribution is 0.0929. The summed E-state index contributed by atoms with van der Waals surface area (Å²) in [5.41, 5.74) is 1.90. The van der Waals surface area contributed by atoms with Gasteiger partial charge in [-0.2, -0.15) is 0 Å². The molecule has 2 heterocycles. The molecule has 1 saturated carbocycles. The number of rotatable bonds is 5. The van der Waals surface area contributed by atoms with E-state index in [1.54, 1.807) is 6.20 Å². The van der Waals surface area contributed by atoms with Gasteiger partial charge in [-0.1, -0.05) is 12.1 Å². The molecule has 2 aromatic heterocycles. The fourth-order valence-electron chi connectivity index (χ4n) is 3.63. The van der Waals surface area contributed by atoms with E-state index in [9.17, 15) is 4.79 Å². The average molecular weight is 334 g/mol. The number of nitrogens with one attached hydrogen (secondary N) is 1. The van der Waals surface area contributed by atoms with E-state index in [1.165, 1.54) is 5.56 Å². The van der Waals surface area contributed by atoms with Crippen LogP contribution in [0.15, 0.2) is 67.5 Å². The zero-order valence-electron chi connectivity index (χ0n) is 14.1. The number of benzene rings is 1. The van der Waals surface area contributed by atoms with E-state index in [1.807, 2.05) is 61.3 Å². The molecule has 0 unspecified atom stereocenters. The van der Waals surface area contributed by atoms with Crippen LogP contribution in [0.2, 0.25) is 0 Å². The van der Waals surface area contributed by atoms with Gasteiger partial charge in [0, 0.05) is 42.9 Å². The first-order valence-corrected chi connectivity index (χ1v) is 8.77. The van der Waals surface area contributed by atoms with E-state index in [0.717, 1.165) is 25.8 Å². The molecule has 0 radical (unpaired) electrons. The van der Waals surface area contributed by atoms with Crippen LogP contribution in [-0.4, -0.2) is 26.1 Å². The molecule has 1 fully saturated rings. The lowest BCUT2D eigenvalue weighted by Gasteiger charge is -2.22. The predicted molar refractivity (Wildman–Crippen MR) is 96.3 cm³/mol. The van der Waals surface area contributed by atoms with Crippen molar-refractivity contribution in [1.82, 2.24) is 19.4 Å². The quantitative estimate of drug-likeness (QED) is 0.779. The number of imidazole rings is 1. The number of carbonyl (C=O) groups excluding carboxylic acids is 1. The minimum Gasteiger partial charge on any atom is -0.350 e. The highest BCUT2D eigenvalue weighted by Gasteiger charge is 2.29. The van der Waals surface area contributed by atoms with Crippen LogP contribution in [0.1, 0.15) is 41.2 Å². The maximum Gasteiger partial charge on any atom is 0.251 e. The zero-order chi connectivity index (χ0) is 17.1. The Labute approximate surface area is 147 Å². The second kappa shape index (κ2) is 6.97. The Bertz CT molecular complexity index is 806. The predicted octanol–water partition coefficient (Wildman–Crippen LogP) is 3.26. The standard InChI is InChI=1S/C20H22N4O/c25-20(22-18-4-3-5-19(18)24-13-10-21-15-24)17-8-6-16(7-9-17)14-23-11-1-2-12-23/h1-2,6-13,15,18-19H,3-5,14H2,(H,22,25)/t18-,19-/m0/s1.